The largest absolute Gasteiger partial charge is 0.478 e. The molecule has 0 aliphatic rings. The zero-order chi connectivity index (χ0) is 12.1. The van der Waals surface area contributed by atoms with Gasteiger partial charge in [0, 0.05) is 24.9 Å². The molecule has 6 heteroatoms. The molecule has 0 aromatic carbocycles. The summed E-state index contributed by atoms with van der Waals surface area (Å²) < 4.78 is 21.7. The summed E-state index contributed by atoms with van der Waals surface area (Å²) >= 11 is 0. The first kappa shape index (κ1) is 14.1. The fourth-order valence-electron chi connectivity index (χ4n) is 0.793. The third-order valence-electron chi connectivity index (χ3n) is 1.89. The highest BCUT2D eigenvalue weighted by Gasteiger charge is 2.05. The van der Waals surface area contributed by atoms with E-state index in [-0.39, 0.29) is 11.3 Å². The molecule has 0 aromatic heterocycles. The topological polar surface area (TPSA) is 74.7 Å². The third-order valence-corrected chi connectivity index (χ3v) is 2.81. The van der Waals surface area contributed by atoms with E-state index in [9.17, 15) is 13.2 Å². The molecule has 0 aliphatic carbocycles. The summed E-state index contributed by atoms with van der Waals surface area (Å²) in [4.78, 5) is 12.2. The number of rotatable bonds is 6. The molecule has 0 rings (SSSR count). The van der Waals surface area contributed by atoms with Crippen LogP contribution >= 0.6 is 0 Å². The average molecular weight is 235 g/mol. The Kier molecular flexibility index (Phi) is 5.53. The Morgan fingerprint density at radius 2 is 2.00 bits per heavy atom. The van der Waals surface area contributed by atoms with Gasteiger partial charge in [0.15, 0.2) is 0 Å². The van der Waals surface area contributed by atoms with Crippen LogP contribution in [0, 0.1) is 0 Å². The second-order valence-electron chi connectivity index (χ2n) is 3.58. The first-order valence-corrected chi connectivity index (χ1v) is 6.55. The molecule has 0 aliphatic heterocycles. The smallest absolute Gasteiger partial charge is 0.330 e. The standard InChI is InChI=1S/C9H17NO4S/c1-8(9(11)12)4-5-10(2)6-7-15(3,13)14/h4H,5-7H2,1-3H3,(H,11,12). The number of hydrogen-bond donors (Lipinski definition) is 1. The molecule has 0 saturated heterocycles. The molecular formula is C9H17NO4S. The number of likely N-dealkylation sites (N-methyl/N-ethyl adjacent to an activating group) is 1. The van der Waals surface area contributed by atoms with Crippen molar-refractivity contribution in [1.29, 1.82) is 0 Å². The Hall–Kier alpha value is -0.880. The Morgan fingerprint density at radius 1 is 1.47 bits per heavy atom. The van der Waals surface area contributed by atoms with E-state index in [1.165, 1.54) is 13.2 Å². The lowest BCUT2D eigenvalue weighted by atomic mass is 10.3. The SMILES string of the molecule is CC(=CCN(C)CCS(C)(=O)=O)C(=O)O. The molecule has 5 nitrogen and oxygen atoms in total. The maximum Gasteiger partial charge on any atom is 0.330 e. The molecule has 0 amide bonds. The van der Waals surface area contributed by atoms with Crippen molar-refractivity contribution < 1.29 is 18.3 Å². The van der Waals surface area contributed by atoms with Gasteiger partial charge in [0.1, 0.15) is 9.84 Å². The maximum absolute atomic E-state index is 10.8. The number of hydrogen-bond acceptors (Lipinski definition) is 4. The Bertz CT molecular complexity index is 345. The molecule has 0 heterocycles. The molecule has 88 valence electrons. The van der Waals surface area contributed by atoms with E-state index in [0.717, 1.165) is 0 Å². The van der Waals surface area contributed by atoms with E-state index >= 15 is 0 Å². The lowest BCUT2D eigenvalue weighted by Crippen LogP contribution is -2.25. The summed E-state index contributed by atoms with van der Waals surface area (Å²) in [5, 5.41) is 8.57. The zero-order valence-electron chi connectivity index (χ0n) is 9.23. The van der Waals surface area contributed by atoms with E-state index in [1.54, 1.807) is 18.0 Å². The van der Waals surface area contributed by atoms with E-state index in [2.05, 4.69) is 0 Å². The van der Waals surface area contributed by atoms with Gasteiger partial charge in [-0.05, 0) is 14.0 Å². The summed E-state index contributed by atoms with van der Waals surface area (Å²) in [6.07, 6.45) is 2.74. The van der Waals surface area contributed by atoms with Gasteiger partial charge in [0.05, 0.1) is 5.75 Å². The number of carboxylic acids is 1. The van der Waals surface area contributed by atoms with Gasteiger partial charge in [0.2, 0.25) is 0 Å². The highest BCUT2D eigenvalue weighted by molar-refractivity contribution is 7.90. The highest BCUT2D eigenvalue weighted by Crippen LogP contribution is 1.94. The van der Waals surface area contributed by atoms with Gasteiger partial charge >= 0.3 is 5.97 Å². The van der Waals surface area contributed by atoms with Gasteiger partial charge < -0.3 is 10.0 Å². The molecule has 0 spiro atoms. The number of carboxylic acid groups (broad SMARTS) is 1. The molecule has 0 fully saturated rings. The monoisotopic (exact) mass is 235 g/mol. The molecule has 0 saturated carbocycles. The Morgan fingerprint density at radius 3 is 2.40 bits per heavy atom. The van der Waals surface area contributed by atoms with Crippen LogP contribution in [-0.4, -0.2) is 56.5 Å². The maximum atomic E-state index is 10.8. The van der Waals surface area contributed by atoms with Crippen LogP contribution in [0.25, 0.3) is 0 Å². The quantitative estimate of drug-likeness (QED) is 0.656. The van der Waals surface area contributed by atoms with Crippen LogP contribution in [0.4, 0.5) is 0 Å². The molecule has 0 bridgehead atoms. The second kappa shape index (κ2) is 5.87. The van der Waals surface area contributed by atoms with Gasteiger partial charge in [0.25, 0.3) is 0 Å². The van der Waals surface area contributed by atoms with Gasteiger partial charge in [-0.1, -0.05) is 6.08 Å². The summed E-state index contributed by atoms with van der Waals surface area (Å²) in [6, 6.07) is 0. The normalized spacial score (nSPS) is 13.2. The fourth-order valence-corrected chi connectivity index (χ4v) is 1.44. The lowest BCUT2D eigenvalue weighted by Gasteiger charge is -2.13. The van der Waals surface area contributed by atoms with Crippen molar-refractivity contribution in [3.05, 3.63) is 11.6 Å². The zero-order valence-corrected chi connectivity index (χ0v) is 10.0. The number of aliphatic carboxylic acids is 1. The lowest BCUT2D eigenvalue weighted by molar-refractivity contribution is -0.132. The van der Waals surface area contributed by atoms with Crippen molar-refractivity contribution in [2.24, 2.45) is 0 Å². The van der Waals surface area contributed by atoms with Crippen LogP contribution < -0.4 is 0 Å². The highest BCUT2D eigenvalue weighted by atomic mass is 32.2. The molecule has 0 aromatic rings. The average Bonchev–Trinajstić information content (AvgIpc) is 2.09. The van der Waals surface area contributed by atoms with Crippen molar-refractivity contribution in [3.8, 4) is 0 Å². The number of sulfone groups is 1. The van der Waals surface area contributed by atoms with E-state index in [0.29, 0.717) is 13.1 Å². The molecular weight excluding hydrogens is 218 g/mol. The molecule has 1 N–H and O–H groups in total. The van der Waals surface area contributed by atoms with Gasteiger partial charge in [-0.2, -0.15) is 0 Å². The number of nitrogens with zero attached hydrogens (tertiary/aromatic N) is 1. The summed E-state index contributed by atoms with van der Waals surface area (Å²) in [5.41, 5.74) is 0.265. The minimum absolute atomic E-state index is 0.0868. The summed E-state index contributed by atoms with van der Waals surface area (Å²) in [6.45, 7) is 2.35. The molecule has 0 unspecified atom stereocenters. The van der Waals surface area contributed by atoms with Gasteiger partial charge in [-0.25, -0.2) is 13.2 Å². The first-order valence-electron chi connectivity index (χ1n) is 4.48. The van der Waals surface area contributed by atoms with Crippen molar-refractivity contribution in [2.75, 3.05) is 32.1 Å². The Balaban J connectivity index is 4.01. The second-order valence-corrected chi connectivity index (χ2v) is 5.84. The van der Waals surface area contributed by atoms with Crippen molar-refractivity contribution in [3.63, 3.8) is 0 Å². The van der Waals surface area contributed by atoms with Crippen LogP contribution in [0.5, 0.6) is 0 Å². The van der Waals surface area contributed by atoms with E-state index in [1.807, 2.05) is 0 Å². The summed E-state index contributed by atoms with van der Waals surface area (Å²) in [7, 11) is -1.21. The van der Waals surface area contributed by atoms with Crippen LogP contribution in [0.15, 0.2) is 11.6 Å². The third kappa shape index (κ3) is 8.14. The fraction of sp³-hybridized carbons (Fsp3) is 0.667. The molecule has 0 atom stereocenters. The Labute approximate surface area is 90.3 Å². The van der Waals surface area contributed by atoms with Crippen LogP contribution in [-0.2, 0) is 14.6 Å². The van der Waals surface area contributed by atoms with Crippen molar-refractivity contribution >= 4 is 15.8 Å². The minimum Gasteiger partial charge on any atom is -0.478 e. The predicted octanol–water partition coefficient (Wildman–Crippen LogP) is -0.00630. The van der Waals surface area contributed by atoms with Crippen molar-refractivity contribution in [1.82, 2.24) is 4.90 Å². The number of carbonyl (C=O) groups is 1. The summed E-state index contributed by atoms with van der Waals surface area (Å²) in [5.74, 6) is -0.866. The predicted molar refractivity (Wildman–Crippen MR) is 58.6 cm³/mol. The van der Waals surface area contributed by atoms with Gasteiger partial charge in [-0.15, -0.1) is 0 Å². The van der Waals surface area contributed by atoms with Crippen LogP contribution in [0.1, 0.15) is 6.92 Å². The minimum atomic E-state index is -2.95. The first-order chi connectivity index (χ1) is 6.72. The van der Waals surface area contributed by atoms with E-state index < -0.39 is 15.8 Å². The van der Waals surface area contributed by atoms with E-state index in [4.69, 9.17) is 5.11 Å². The van der Waals surface area contributed by atoms with Crippen LogP contribution in [0.3, 0.4) is 0 Å². The van der Waals surface area contributed by atoms with Crippen LogP contribution in [0.2, 0.25) is 0 Å². The van der Waals surface area contributed by atoms with Gasteiger partial charge in [-0.3, -0.25) is 0 Å². The molecule has 0 radical (unpaired) electrons. The van der Waals surface area contributed by atoms with Crippen molar-refractivity contribution in [2.45, 2.75) is 6.92 Å². The molecule has 15 heavy (non-hydrogen) atoms.